The molecule has 3 heteroatoms. The number of para-hydroxylation sites is 2. The Kier molecular flexibility index (Phi) is 8.13. The second-order valence-electron chi connectivity index (χ2n) is 17.9. The van der Waals surface area contributed by atoms with Gasteiger partial charge in [0.1, 0.15) is 0 Å². The first-order valence-electron chi connectivity index (χ1n) is 22.1. The summed E-state index contributed by atoms with van der Waals surface area (Å²) in [6, 6.07) is 78.8. The van der Waals surface area contributed by atoms with Crippen molar-refractivity contribution in [2.45, 2.75) is 19.3 Å². The summed E-state index contributed by atoms with van der Waals surface area (Å²) in [5.74, 6) is 0. The molecule has 0 spiro atoms. The highest BCUT2D eigenvalue weighted by molar-refractivity contribution is 9.10. The van der Waals surface area contributed by atoms with Crippen molar-refractivity contribution in [2.24, 2.45) is 0 Å². The van der Waals surface area contributed by atoms with Crippen LogP contribution in [0.4, 0.5) is 0 Å². The minimum Gasteiger partial charge on any atom is -0.309 e. The monoisotopic (exact) mass is 880 g/mol. The van der Waals surface area contributed by atoms with Crippen LogP contribution in [0.25, 0.3) is 110 Å². The molecular formula is C61H41BrN2. The molecule has 302 valence electrons. The van der Waals surface area contributed by atoms with Crippen LogP contribution < -0.4 is 0 Å². The molecule has 0 bridgehead atoms. The number of aromatic nitrogens is 2. The van der Waals surface area contributed by atoms with Gasteiger partial charge in [-0.2, -0.15) is 0 Å². The minimum atomic E-state index is -0.143. The van der Waals surface area contributed by atoms with E-state index in [4.69, 9.17) is 0 Å². The van der Waals surface area contributed by atoms with Gasteiger partial charge >= 0.3 is 0 Å². The molecule has 2 heterocycles. The van der Waals surface area contributed by atoms with Crippen molar-refractivity contribution >= 4 is 70.3 Å². The Labute approximate surface area is 380 Å². The van der Waals surface area contributed by atoms with Crippen molar-refractivity contribution in [1.29, 1.82) is 0 Å². The molecular weight excluding hydrogens is 841 g/mol. The predicted octanol–water partition coefficient (Wildman–Crippen LogP) is 17.1. The molecule has 0 unspecified atom stereocenters. The number of fused-ring (bicyclic) bond motifs is 10. The van der Waals surface area contributed by atoms with Crippen LogP contribution in [0.15, 0.2) is 217 Å². The number of hydrogen-bond acceptors (Lipinski definition) is 0. The first-order valence-corrected chi connectivity index (χ1v) is 22.9. The minimum absolute atomic E-state index is 0.143. The van der Waals surface area contributed by atoms with E-state index in [1.54, 1.807) is 0 Å². The maximum absolute atomic E-state index is 3.78. The Balaban J connectivity index is 1.01. The molecule has 2 aromatic heterocycles. The lowest BCUT2D eigenvalue weighted by molar-refractivity contribution is 0.656. The third-order valence-electron chi connectivity index (χ3n) is 13.9. The third kappa shape index (κ3) is 5.57. The summed E-state index contributed by atoms with van der Waals surface area (Å²) < 4.78 is 6.01. The van der Waals surface area contributed by atoms with Crippen LogP contribution in [0.2, 0.25) is 0 Å². The summed E-state index contributed by atoms with van der Waals surface area (Å²) in [7, 11) is 0. The fourth-order valence-corrected chi connectivity index (χ4v) is 11.4. The molecule has 0 amide bonds. The van der Waals surface area contributed by atoms with Crippen molar-refractivity contribution in [3.63, 3.8) is 0 Å². The van der Waals surface area contributed by atoms with Gasteiger partial charge in [-0.15, -0.1) is 0 Å². The molecule has 13 rings (SSSR count). The van der Waals surface area contributed by atoms with Crippen LogP contribution in [-0.4, -0.2) is 9.13 Å². The summed E-state index contributed by atoms with van der Waals surface area (Å²) in [6.45, 7) is 4.76. The van der Waals surface area contributed by atoms with Crippen LogP contribution in [0.1, 0.15) is 25.0 Å². The zero-order chi connectivity index (χ0) is 42.7. The van der Waals surface area contributed by atoms with Gasteiger partial charge in [-0.25, -0.2) is 0 Å². The summed E-state index contributed by atoms with van der Waals surface area (Å²) in [5, 5.41) is 7.47. The van der Waals surface area contributed by atoms with E-state index in [0.29, 0.717) is 0 Å². The number of benzene rings is 10. The molecule has 0 saturated carbocycles. The number of nitrogens with zero attached hydrogens (tertiary/aromatic N) is 2. The van der Waals surface area contributed by atoms with Gasteiger partial charge in [0.05, 0.1) is 27.8 Å². The topological polar surface area (TPSA) is 9.86 Å². The summed E-state index contributed by atoms with van der Waals surface area (Å²) >= 11 is 3.78. The Morgan fingerprint density at radius 2 is 0.953 bits per heavy atom. The summed E-state index contributed by atoms with van der Waals surface area (Å²) in [4.78, 5) is 0. The summed E-state index contributed by atoms with van der Waals surface area (Å²) in [5.41, 5.74) is 19.6. The molecule has 0 atom stereocenters. The molecule has 64 heavy (non-hydrogen) atoms. The van der Waals surface area contributed by atoms with Gasteiger partial charge in [-0.1, -0.05) is 163 Å². The highest BCUT2D eigenvalue weighted by atomic mass is 79.9. The van der Waals surface area contributed by atoms with E-state index < -0.39 is 0 Å². The molecule has 0 saturated heterocycles. The van der Waals surface area contributed by atoms with E-state index in [9.17, 15) is 0 Å². The maximum Gasteiger partial charge on any atom is 0.0547 e. The molecule has 0 radical (unpaired) electrons. The van der Waals surface area contributed by atoms with Crippen LogP contribution in [0, 0.1) is 0 Å². The van der Waals surface area contributed by atoms with Crippen molar-refractivity contribution in [3.8, 4) is 55.9 Å². The fraction of sp³-hybridized carbons (Fsp3) is 0.0492. The van der Waals surface area contributed by atoms with Gasteiger partial charge in [0.15, 0.2) is 0 Å². The van der Waals surface area contributed by atoms with Crippen LogP contribution >= 0.6 is 15.9 Å². The lowest BCUT2D eigenvalue weighted by atomic mass is 9.81. The Hall–Kier alpha value is -7.46. The molecule has 2 nitrogen and oxygen atoms in total. The number of rotatable bonds is 5. The second kappa shape index (κ2) is 14.0. The molecule has 12 aromatic rings. The molecule has 10 aromatic carbocycles. The van der Waals surface area contributed by atoms with Crippen LogP contribution in [-0.2, 0) is 5.41 Å². The summed E-state index contributed by atoms with van der Waals surface area (Å²) in [6.07, 6.45) is 0. The van der Waals surface area contributed by atoms with Gasteiger partial charge < -0.3 is 9.13 Å². The Bertz CT molecular complexity index is 3900. The highest BCUT2D eigenvalue weighted by Gasteiger charge is 2.38. The SMILES string of the molecule is CC1(C)c2ccccc2-c2cccc(-n3c4ccccc4c4cc(-c5cc(-c6cccc(Br)c6)cc(-c6ccc7c8ccccc8n(-c8ccc9ccccc9c8)c7c6)c5)ccc43)c21. The van der Waals surface area contributed by atoms with Gasteiger partial charge in [0.25, 0.3) is 0 Å². The van der Waals surface area contributed by atoms with Gasteiger partial charge in [0, 0.05) is 37.1 Å². The van der Waals surface area contributed by atoms with Crippen molar-refractivity contribution < 1.29 is 0 Å². The zero-order valence-electron chi connectivity index (χ0n) is 35.5. The van der Waals surface area contributed by atoms with Crippen LogP contribution in [0.3, 0.4) is 0 Å². The van der Waals surface area contributed by atoms with Gasteiger partial charge in [-0.3, -0.25) is 0 Å². The molecule has 0 fully saturated rings. The van der Waals surface area contributed by atoms with E-state index in [0.717, 1.165) is 10.2 Å². The molecule has 1 aliphatic carbocycles. The van der Waals surface area contributed by atoms with Crippen molar-refractivity contribution in [2.75, 3.05) is 0 Å². The van der Waals surface area contributed by atoms with E-state index in [1.165, 1.54) is 116 Å². The molecule has 0 N–H and O–H groups in total. The van der Waals surface area contributed by atoms with Crippen molar-refractivity contribution in [1.82, 2.24) is 9.13 Å². The van der Waals surface area contributed by atoms with E-state index >= 15 is 0 Å². The van der Waals surface area contributed by atoms with Gasteiger partial charge in [0.2, 0.25) is 0 Å². The van der Waals surface area contributed by atoms with E-state index in [-0.39, 0.29) is 5.41 Å². The van der Waals surface area contributed by atoms with Crippen molar-refractivity contribution in [3.05, 3.63) is 228 Å². The third-order valence-corrected chi connectivity index (χ3v) is 14.4. The first-order chi connectivity index (χ1) is 31.4. The lowest BCUT2D eigenvalue weighted by Crippen LogP contribution is -2.17. The number of hydrogen-bond donors (Lipinski definition) is 0. The normalized spacial score (nSPS) is 13.0. The average molecular weight is 882 g/mol. The van der Waals surface area contributed by atoms with E-state index in [2.05, 4.69) is 251 Å². The van der Waals surface area contributed by atoms with Gasteiger partial charge in [-0.05, 0) is 145 Å². The Morgan fingerprint density at radius 3 is 1.75 bits per heavy atom. The standard InChI is InChI=1S/C61H41BrN2/c1-61(2)54-21-8-5-17-48(54)52-20-12-24-58(60(52)61)64-56-23-10-7-19-50(56)53-36-41(27-30-57(53)64)44-31-43(39-15-11-16-46(62)34-39)32-45(33-44)42-26-29-51-49-18-6-9-22-55(49)63(59(51)37-42)47-28-25-38-13-3-4-14-40(38)35-47/h3-37H,1-2H3. The fourth-order valence-electron chi connectivity index (χ4n) is 11.0. The largest absolute Gasteiger partial charge is 0.309 e. The first kappa shape index (κ1) is 37.1. The average Bonchev–Trinajstić information content (AvgIpc) is 3.93. The smallest absolute Gasteiger partial charge is 0.0547 e. The number of halogens is 1. The zero-order valence-corrected chi connectivity index (χ0v) is 37.1. The van der Waals surface area contributed by atoms with Crippen LogP contribution in [0.5, 0.6) is 0 Å². The second-order valence-corrected chi connectivity index (χ2v) is 18.8. The maximum atomic E-state index is 3.78. The lowest BCUT2D eigenvalue weighted by Gasteiger charge is -2.25. The quantitative estimate of drug-likeness (QED) is 0.163. The predicted molar refractivity (Wildman–Crippen MR) is 274 cm³/mol. The van der Waals surface area contributed by atoms with E-state index in [1.807, 2.05) is 0 Å². The molecule has 0 aliphatic heterocycles. The molecule has 1 aliphatic rings. The Morgan fingerprint density at radius 1 is 0.359 bits per heavy atom. The highest BCUT2D eigenvalue weighted by Crippen LogP contribution is 2.52.